The molecular formula is C17H15ClN2O2. The first-order chi connectivity index (χ1) is 10.6. The molecule has 0 aromatic heterocycles. The highest BCUT2D eigenvalue weighted by atomic mass is 35.5. The normalized spacial score (nSPS) is 18.0. The summed E-state index contributed by atoms with van der Waals surface area (Å²) < 4.78 is 0. The highest BCUT2D eigenvalue weighted by Gasteiger charge is 2.28. The lowest BCUT2D eigenvalue weighted by Crippen LogP contribution is -2.32. The third-order valence-corrected chi connectivity index (χ3v) is 3.92. The SMILES string of the molecule is O=C(O)C1=NN(c2cccc(Cl)c2)C(c2ccccc2)CC1. The summed E-state index contributed by atoms with van der Waals surface area (Å²) >= 11 is 6.07. The number of hydrogen-bond donors (Lipinski definition) is 1. The van der Waals surface area contributed by atoms with E-state index in [1.54, 1.807) is 17.1 Å². The van der Waals surface area contributed by atoms with Crippen molar-refractivity contribution in [1.82, 2.24) is 0 Å². The Hall–Kier alpha value is -2.33. The van der Waals surface area contributed by atoms with Gasteiger partial charge < -0.3 is 5.11 Å². The third-order valence-electron chi connectivity index (χ3n) is 3.68. The van der Waals surface area contributed by atoms with Crippen molar-refractivity contribution in [2.45, 2.75) is 18.9 Å². The van der Waals surface area contributed by atoms with Gasteiger partial charge in [-0.2, -0.15) is 5.10 Å². The summed E-state index contributed by atoms with van der Waals surface area (Å²) in [6, 6.07) is 17.3. The monoisotopic (exact) mass is 314 g/mol. The van der Waals surface area contributed by atoms with Gasteiger partial charge in [0.05, 0.1) is 11.7 Å². The molecule has 0 spiro atoms. The van der Waals surface area contributed by atoms with Crippen LogP contribution in [-0.2, 0) is 4.79 Å². The third kappa shape index (κ3) is 2.97. The van der Waals surface area contributed by atoms with E-state index in [4.69, 9.17) is 11.6 Å². The molecule has 2 aromatic carbocycles. The molecule has 3 rings (SSSR count). The van der Waals surface area contributed by atoms with Gasteiger partial charge in [-0.3, -0.25) is 5.01 Å². The quantitative estimate of drug-likeness (QED) is 0.927. The van der Waals surface area contributed by atoms with Gasteiger partial charge in [-0.15, -0.1) is 0 Å². The Morgan fingerprint density at radius 2 is 1.95 bits per heavy atom. The van der Waals surface area contributed by atoms with Gasteiger partial charge in [-0.05, 0) is 30.2 Å². The van der Waals surface area contributed by atoms with Crippen molar-refractivity contribution in [2.75, 3.05) is 5.01 Å². The first kappa shape index (κ1) is 14.6. The molecule has 1 aliphatic heterocycles. The van der Waals surface area contributed by atoms with E-state index in [0.717, 1.165) is 11.3 Å². The fourth-order valence-corrected chi connectivity index (χ4v) is 2.82. The zero-order chi connectivity index (χ0) is 15.5. The molecule has 1 unspecified atom stereocenters. The Bertz CT molecular complexity index is 716. The largest absolute Gasteiger partial charge is 0.477 e. The van der Waals surface area contributed by atoms with Crippen LogP contribution in [0.3, 0.4) is 0 Å². The predicted octanol–water partition coefficient (Wildman–Crippen LogP) is 4.12. The van der Waals surface area contributed by atoms with Crippen LogP contribution >= 0.6 is 11.6 Å². The lowest BCUT2D eigenvalue weighted by Gasteiger charge is -2.33. The van der Waals surface area contributed by atoms with Crippen LogP contribution in [0.25, 0.3) is 0 Å². The fourth-order valence-electron chi connectivity index (χ4n) is 2.63. The van der Waals surface area contributed by atoms with Crippen LogP contribution in [0.1, 0.15) is 24.4 Å². The number of benzene rings is 2. The molecule has 1 atom stereocenters. The maximum Gasteiger partial charge on any atom is 0.352 e. The zero-order valence-corrected chi connectivity index (χ0v) is 12.6. The second-order valence-corrected chi connectivity index (χ2v) is 5.58. The van der Waals surface area contributed by atoms with Crippen LogP contribution in [0.15, 0.2) is 59.7 Å². The average molecular weight is 315 g/mol. The maximum atomic E-state index is 11.3. The highest BCUT2D eigenvalue weighted by Crippen LogP contribution is 2.35. The van der Waals surface area contributed by atoms with Gasteiger partial charge in [0.15, 0.2) is 0 Å². The van der Waals surface area contributed by atoms with Crippen molar-refractivity contribution in [3.63, 3.8) is 0 Å². The first-order valence-corrected chi connectivity index (χ1v) is 7.43. The molecule has 0 radical (unpaired) electrons. The van der Waals surface area contributed by atoms with E-state index in [1.165, 1.54) is 0 Å². The fraction of sp³-hybridized carbons (Fsp3) is 0.176. The number of nitrogens with zero attached hydrogens (tertiary/aromatic N) is 2. The molecule has 22 heavy (non-hydrogen) atoms. The molecule has 0 saturated heterocycles. The van der Waals surface area contributed by atoms with Gasteiger partial charge in [0.1, 0.15) is 5.71 Å². The molecule has 0 bridgehead atoms. The van der Waals surface area contributed by atoms with Crippen molar-refractivity contribution in [3.05, 3.63) is 65.2 Å². The maximum absolute atomic E-state index is 11.3. The molecule has 2 aromatic rings. The van der Waals surface area contributed by atoms with Crippen molar-refractivity contribution in [3.8, 4) is 0 Å². The van der Waals surface area contributed by atoms with Gasteiger partial charge in [-0.1, -0.05) is 48.0 Å². The molecule has 1 N–H and O–H groups in total. The van der Waals surface area contributed by atoms with Crippen molar-refractivity contribution in [2.24, 2.45) is 5.10 Å². The summed E-state index contributed by atoms with van der Waals surface area (Å²) in [4.78, 5) is 11.3. The number of carboxylic acids is 1. The van der Waals surface area contributed by atoms with Gasteiger partial charge in [0, 0.05) is 11.4 Å². The standard InChI is InChI=1S/C17H15ClN2O2/c18-13-7-4-8-14(11-13)20-16(12-5-2-1-3-6-12)10-9-15(19-20)17(21)22/h1-8,11,16H,9-10H2,(H,21,22). The molecular weight excluding hydrogens is 300 g/mol. The van der Waals surface area contributed by atoms with E-state index < -0.39 is 5.97 Å². The molecule has 1 heterocycles. The van der Waals surface area contributed by atoms with Crippen LogP contribution in [0.2, 0.25) is 5.02 Å². The van der Waals surface area contributed by atoms with Crippen LogP contribution in [-0.4, -0.2) is 16.8 Å². The van der Waals surface area contributed by atoms with E-state index in [9.17, 15) is 9.90 Å². The number of carboxylic acid groups (broad SMARTS) is 1. The Labute approximate surface area is 133 Å². The molecule has 0 amide bonds. The predicted molar refractivity (Wildman–Crippen MR) is 87.4 cm³/mol. The van der Waals surface area contributed by atoms with Gasteiger partial charge >= 0.3 is 5.97 Å². The summed E-state index contributed by atoms with van der Waals surface area (Å²) in [6.45, 7) is 0. The molecule has 0 aliphatic carbocycles. The number of carbonyl (C=O) groups is 1. The second kappa shape index (κ2) is 6.20. The molecule has 112 valence electrons. The number of halogens is 1. The number of aliphatic carboxylic acids is 1. The Balaban J connectivity index is 2.05. The number of hydrogen-bond acceptors (Lipinski definition) is 3. The topological polar surface area (TPSA) is 52.9 Å². The Kier molecular flexibility index (Phi) is 4.11. The first-order valence-electron chi connectivity index (χ1n) is 7.05. The van der Waals surface area contributed by atoms with E-state index in [0.29, 0.717) is 17.9 Å². The van der Waals surface area contributed by atoms with E-state index >= 15 is 0 Å². The highest BCUT2D eigenvalue weighted by molar-refractivity contribution is 6.36. The summed E-state index contributed by atoms with van der Waals surface area (Å²) in [6.07, 6.45) is 1.15. The van der Waals surface area contributed by atoms with Crippen molar-refractivity contribution < 1.29 is 9.90 Å². The van der Waals surface area contributed by atoms with Gasteiger partial charge in [0.25, 0.3) is 0 Å². The zero-order valence-electron chi connectivity index (χ0n) is 11.8. The molecule has 5 heteroatoms. The second-order valence-electron chi connectivity index (χ2n) is 5.14. The summed E-state index contributed by atoms with van der Waals surface area (Å²) in [7, 11) is 0. The number of rotatable bonds is 3. The molecule has 0 fully saturated rings. The van der Waals surface area contributed by atoms with E-state index in [2.05, 4.69) is 5.10 Å². The summed E-state index contributed by atoms with van der Waals surface area (Å²) in [5, 5.41) is 15.9. The van der Waals surface area contributed by atoms with Gasteiger partial charge in [-0.25, -0.2) is 4.79 Å². The minimum atomic E-state index is -0.974. The van der Waals surface area contributed by atoms with Crippen LogP contribution in [0.4, 0.5) is 5.69 Å². The number of hydrazone groups is 1. The Morgan fingerprint density at radius 3 is 2.64 bits per heavy atom. The average Bonchev–Trinajstić information content (AvgIpc) is 2.55. The smallest absolute Gasteiger partial charge is 0.352 e. The minimum Gasteiger partial charge on any atom is -0.477 e. The summed E-state index contributed by atoms with van der Waals surface area (Å²) in [5.41, 5.74) is 2.07. The van der Waals surface area contributed by atoms with Crippen LogP contribution in [0, 0.1) is 0 Å². The van der Waals surface area contributed by atoms with Crippen molar-refractivity contribution in [1.29, 1.82) is 0 Å². The minimum absolute atomic E-state index is 0.00256. The number of anilines is 1. The van der Waals surface area contributed by atoms with E-state index in [-0.39, 0.29) is 11.8 Å². The lowest BCUT2D eigenvalue weighted by atomic mass is 9.97. The summed E-state index contributed by atoms with van der Waals surface area (Å²) in [5.74, 6) is -0.974. The van der Waals surface area contributed by atoms with E-state index in [1.807, 2.05) is 42.5 Å². The molecule has 0 saturated carbocycles. The molecule has 4 nitrogen and oxygen atoms in total. The lowest BCUT2D eigenvalue weighted by molar-refractivity contribution is -0.129. The van der Waals surface area contributed by atoms with Gasteiger partial charge in [0.2, 0.25) is 0 Å². The molecule has 1 aliphatic rings. The van der Waals surface area contributed by atoms with Crippen molar-refractivity contribution >= 4 is 29.0 Å². The van der Waals surface area contributed by atoms with Crippen LogP contribution < -0.4 is 5.01 Å². The Morgan fingerprint density at radius 1 is 1.18 bits per heavy atom. The van der Waals surface area contributed by atoms with Crippen LogP contribution in [0.5, 0.6) is 0 Å².